The average molecular weight is 282 g/mol. The highest BCUT2D eigenvalue weighted by Crippen LogP contribution is 2.47. The Morgan fingerprint density at radius 1 is 1.30 bits per heavy atom. The largest absolute Gasteiger partial charge is 0.481 e. The van der Waals surface area contributed by atoms with Crippen LogP contribution in [0.1, 0.15) is 46.5 Å². The van der Waals surface area contributed by atoms with Gasteiger partial charge in [-0.2, -0.15) is 0 Å². The van der Waals surface area contributed by atoms with Crippen LogP contribution in [-0.2, 0) is 9.59 Å². The first-order valence-corrected chi connectivity index (χ1v) is 7.48. The first kappa shape index (κ1) is 15.3. The normalized spacial score (nSPS) is 34.3. The molecule has 3 atom stereocenters. The lowest BCUT2D eigenvalue weighted by Crippen LogP contribution is -2.54. The lowest BCUT2D eigenvalue weighted by atomic mass is 9.61. The average Bonchev–Trinajstić information content (AvgIpc) is 3.15. The van der Waals surface area contributed by atoms with Gasteiger partial charge in [0.05, 0.1) is 11.3 Å². The highest BCUT2D eigenvalue weighted by molar-refractivity contribution is 5.85. The number of nitrogens with two attached hydrogens (primary N) is 1. The number of carbonyl (C=O) groups excluding carboxylic acids is 1. The molecule has 2 saturated carbocycles. The Bertz CT molecular complexity index is 415. The molecule has 2 aliphatic rings. The van der Waals surface area contributed by atoms with Crippen LogP contribution in [0.2, 0.25) is 0 Å². The summed E-state index contributed by atoms with van der Waals surface area (Å²) in [6.07, 6.45) is 3.09. The fourth-order valence-electron chi connectivity index (χ4n) is 3.44. The number of hydrogen-bond acceptors (Lipinski definition) is 3. The summed E-state index contributed by atoms with van der Waals surface area (Å²) in [5, 5.41) is 12.5. The molecule has 114 valence electrons. The number of rotatable bonds is 4. The van der Waals surface area contributed by atoms with Gasteiger partial charge in [-0.25, -0.2) is 0 Å². The van der Waals surface area contributed by atoms with E-state index in [9.17, 15) is 14.7 Å². The van der Waals surface area contributed by atoms with Crippen LogP contribution < -0.4 is 11.1 Å². The molecule has 0 radical (unpaired) electrons. The fraction of sp³-hybridized carbons (Fsp3) is 0.867. The summed E-state index contributed by atoms with van der Waals surface area (Å²) >= 11 is 0. The zero-order chi connectivity index (χ0) is 15.1. The molecule has 2 aliphatic carbocycles. The van der Waals surface area contributed by atoms with Gasteiger partial charge >= 0.3 is 5.97 Å². The van der Waals surface area contributed by atoms with E-state index in [4.69, 9.17) is 5.73 Å². The quantitative estimate of drug-likeness (QED) is 0.726. The molecule has 0 aromatic rings. The summed E-state index contributed by atoms with van der Waals surface area (Å²) in [7, 11) is 0. The Morgan fingerprint density at radius 3 is 2.35 bits per heavy atom. The van der Waals surface area contributed by atoms with Crippen LogP contribution in [0.15, 0.2) is 0 Å². The molecule has 3 unspecified atom stereocenters. The summed E-state index contributed by atoms with van der Waals surface area (Å²) in [5.41, 5.74) is 5.03. The lowest BCUT2D eigenvalue weighted by molar-refractivity contribution is -0.150. The highest BCUT2D eigenvalue weighted by Gasteiger charge is 2.51. The zero-order valence-electron chi connectivity index (χ0n) is 12.6. The molecule has 2 rings (SSSR count). The fourth-order valence-corrected chi connectivity index (χ4v) is 3.44. The van der Waals surface area contributed by atoms with Gasteiger partial charge in [0.25, 0.3) is 0 Å². The van der Waals surface area contributed by atoms with E-state index >= 15 is 0 Å². The molecule has 5 heteroatoms. The topological polar surface area (TPSA) is 92.4 Å². The van der Waals surface area contributed by atoms with Crippen molar-refractivity contribution in [1.82, 2.24) is 5.32 Å². The Balaban J connectivity index is 2.05. The molecule has 4 N–H and O–H groups in total. The molecule has 1 amide bonds. The van der Waals surface area contributed by atoms with Crippen LogP contribution in [0, 0.1) is 22.7 Å². The summed E-state index contributed by atoms with van der Waals surface area (Å²) in [4.78, 5) is 23.6. The molecule has 0 saturated heterocycles. The number of carbonyl (C=O) groups is 2. The van der Waals surface area contributed by atoms with E-state index in [1.165, 1.54) is 0 Å². The third kappa shape index (κ3) is 2.43. The Morgan fingerprint density at radius 2 is 1.90 bits per heavy atom. The molecule has 0 heterocycles. The summed E-state index contributed by atoms with van der Waals surface area (Å²) in [6, 6.07) is 0.0529. The van der Waals surface area contributed by atoms with E-state index in [0.717, 1.165) is 19.3 Å². The minimum Gasteiger partial charge on any atom is -0.481 e. The van der Waals surface area contributed by atoms with Crippen molar-refractivity contribution in [3.63, 3.8) is 0 Å². The van der Waals surface area contributed by atoms with Crippen molar-refractivity contribution >= 4 is 11.9 Å². The van der Waals surface area contributed by atoms with Crippen molar-refractivity contribution in [2.75, 3.05) is 6.54 Å². The smallest absolute Gasteiger partial charge is 0.307 e. The van der Waals surface area contributed by atoms with Crippen molar-refractivity contribution in [3.8, 4) is 0 Å². The minimum absolute atomic E-state index is 0.0529. The summed E-state index contributed by atoms with van der Waals surface area (Å²) in [6.45, 7) is 6.43. The Labute approximate surface area is 120 Å². The third-order valence-electron chi connectivity index (χ3n) is 5.78. The number of nitrogens with one attached hydrogen (secondary N) is 1. The molecular formula is C15H26N2O3. The zero-order valence-corrected chi connectivity index (χ0v) is 12.6. The number of carboxylic acids is 1. The number of amides is 1. The molecule has 20 heavy (non-hydrogen) atoms. The van der Waals surface area contributed by atoms with Crippen LogP contribution in [0.25, 0.3) is 0 Å². The maximum absolute atomic E-state index is 12.3. The molecule has 0 aromatic heterocycles. The van der Waals surface area contributed by atoms with Crippen LogP contribution in [0.3, 0.4) is 0 Å². The van der Waals surface area contributed by atoms with Gasteiger partial charge in [0, 0.05) is 12.6 Å². The van der Waals surface area contributed by atoms with Crippen molar-refractivity contribution in [2.24, 2.45) is 28.4 Å². The number of aliphatic carboxylic acids is 1. The van der Waals surface area contributed by atoms with Gasteiger partial charge in [-0.3, -0.25) is 9.59 Å². The van der Waals surface area contributed by atoms with E-state index in [0.29, 0.717) is 13.0 Å². The number of hydrogen-bond donors (Lipinski definition) is 3. The SMILES string of the molecule is CC1C(NC(=O)C2(CN)CC2)CCC(C(=O)O)C1(C)C. The van der Waals surface area contributed by atoms with Gasteiger partial charge in [0.2, 0.25) is 5.91 Å². The predicted octanol–water partition coefficient (Wildman–Crippen LogP) is 1.37. The second-order valence-corrected chi connectivity index (χ2v) is 7.14. The van der Waals surface area contributed by atoms with Gasteiger partial charge in [-0.15, -0.1) is 0 Å². The van der Waals surface area contributed by atoms with Crippen molar-refractivity contribution in [3.05, 3.63) is 0 Å². The van der Waals surface area contributed by atoms with E-state index in [1.807, 2.05) is 20.8 Å². The summed E-state index contributed by atoms with van der Waals surface area (Å²) in [5.74, 6) is -0.876. The molecule has 0 aliphatic heterocycles. The first-order valence-electron chi connectivity index (χ1n) is 7.48. The van der Waals surface area contributed by atoms with Gasteiger partial charge in [0.1, 0.15) is 0 Å². The Hall–Kier alpha value is -1.10. The maximum atomic E-state index is 12.3. The molecule has 0 spiro atoms. The van der Waals surface area contributed by atoms with E-state index in [2.05, 4.69) is 5.32 Å². The second-order valence-electron chi connectivity index (χ2n) is 7.14. The van der Waals surface area contributed by atoms with Gasteiger partial charge in [-0.05, 0) is 37.0 Å². The van der Waals surface area contributed by atoms with Crippen molar-refractivity contribution in [1.29, 1.82) is 0 Å². The van der Waals surface area contributed by atoms with Gasteiger partial charge in [0.15, 0.2) is 0 Å². The lowest BCUT2D eigenvalue weighted by Gasteiger charge is -2.46. The molecule has 2 fully saturated rings. The minimum atomic E-state index is -0.729. The van der Waals surface area contributed by atoms with Crippen LogP contribution in [0.5, 0.6) is 0 Å². The van der Waals surface area contributed by atoms with Crippen LogP contribution in [0.4, 0.5) is 0 Å². The van der Waals surface area contributed by atoms with E-state index in [-0.39, 0.29) is 34.6 Å². The molecule has 0 aromatic carbocycles. The summed E-state index contributed by atoms with van der Waals surface area (Å²) < 4.78 is 0. The highest BCUT2D eigenvalue weighted by atomic mass is 16.4. The first-order chi connectivity index (χ1) is 9.24. The predicted molar refractivity (Wildman–Crippen MR) is 76.0 cm³/mol. The monoisotopic (exact) mass is 282 g/mol. The van der Waals surface area contributed by atoms with Gasteiger partial charge < -0.3 is 16.2 Å². The van der Waals surface area contributed by atoms with Crippen molar-refractivity contribution < 1.29 is 14.7 Å². The van der Waals surface area contributed by atoms with E-state index in [1.54, 1.807) is 0 Å². The second kappa shape index (κ2) is 5.02. The van der Waals surface area contributed by atoms with Gasteiger partial charge in [-0.1, -0.05) is 20.8 Å². The maximum Gasteiger partial charge on any atom is 0.307 e. The third-order valence-corrected chi connectivity index (χ3v) is 5.78. The standard InChI is InChI=1S/C15H26N2O3/c1-9-11(17-13(20)15(8-16)6-7-15)5-4-10(12(18)19)14(9,2)3/h9-11H,4-8,16H2,1-3H3,(H,17,20)(H,18,19). The van der Waals surface area contributed by atoms with Crippen LogP contribution >= 0.6 is 0 Å². The number of carboxylic acid groups (broad SMARTS) is 1. The van der Waals surface area contributed by atoms with Crippen LogP contribution in [-0.4, -0.2) is 29.6 Å². The molecule has 0 bridgehead atoms. The molecule has 5 nitrogen and oxygen atoms in total. The van der Waals surface area contributed by atoms with Crippen molar-refractivity contribution in [2.45, 2.75) is 52.5 Å². The Kier molecular flexibility index (Phi) is 3.84. The van der Waals surface area contributed by atoms with E-state index < -0.39 is 5.97 Å². The molecular weight excluding hydrogens is 256 g/mol.